The lowest BCUT2D eigenvalue weighted by molar-refractivity contribution is -0.118. The van der Waals surface area contributed by atoms with Crippen molar-refractivity contribution in [3.63, 3.8) is 0 Å². The largest absolute Gasteiger partial charge is 0.489 e. The Labute approximate surface area is 163 Å². The van der Waals surface area contributed by atoms with E-state index in [4.69, 9.17) is 21.1 Å². The highest BCUT2D eigenvalue weighted by Crippen LogP contribution is 2.23. The van der Waals surface area contributed by atoms with Crippen molar-refractivity contribution in [2.45, 2.75) is 13.5 Å². The van der Waals surface area contributed by atoms with E-state index in [1.54, 1.807) is 24.3 Å². The van der Waals surface area contributed by atoms with Gasteiger partial charge in [-0.1, -0.05) is 48.0 Å². The molecule has 0 aliphatic heterocycles. The first-order chi connectivity index (χ1) is 13.1. The van der Waals surface area contributed by atoms with Gasteiger partial charge >= 0.3 is 0 Å². The van der Waals surface area contributed by atoms with Crippen LogP contribution in [-0.4, -0.2) is 12.5 Å². The number of carbonyl (C=O) groups excluding carboxylic acids is 1. The van der Waals surface area contributed by atoms with Crippen molar-refractivity contribution in [2.24, 2.45) is 0 Å². The zero-order chi connectivity index (χ0) is 19.1. The van der Waals surface area contributed by atoms with Gasteiger partial charge in [0, 0.05) is 0 Å². The monoisotopic (exact) mass is 381 g/mol. The fourth-order valence-electron chi connectivity index (χ4n) is 2.43. The van der Waals surface area contributed by atoms with Crippen LogP contribution in [0.25, 0.3) is 0 Å². The van der Waals surface area contributed by atoms with Crippen molar-refractivity contribution >= 4 is 23.2 Å². The van der Waals surface area contributed by atoms with Crippen LogP contribution in [0.5, 0.6) is 11.5 Å². The highest BCUT2D eigenvalue weighted by molar-refractivity contribution is 6.33. The molecule has 4 nitrogen and oxygen atoms in total. The summed E-state index contributed by atoms with van der Waals surface area (Å²) in [7, 11) is 0. The average molecular weight is 382 g/mol. The number of carbonyl (C=O) groups is 1. The Morgan fingerprint density at radius 2 is 1.59 bits per heavy atom. The number of ether oxygens (including phenoxy) is 2. The molecule has 1 N–H and O–H groups in total. The number of hydrogen-bond donors (Lipinski definition) is 1. The van der Waals surface area contributed by atoms with E-state index in [2.05, 4.69) is 5.32 Å². The van der Waals surface area contributed by atoms with Gasteiger partial charge in [0.15, 0.2) is 6.61 Å². The second-order valence-corrected chi connectivity index (χ2v) is 6.47. The van der Waals surface area contributed by atoms with Crippen LogP contribution in [0.15, 0.2) is 72.8 Å². The van der Waals surface area contributed by atoms with Gasteiger partial charge in [0.2, 0.25) is 0 Å². The Morgan fingerprint density at radius 1 is 0.926 bits per heavy atom. The summed E-state index contributed by atoms with van der Waals surface area (Å²) in [5.41, 5.74) is 2.70. The summed E-state index contributed by atoms with van der Waals surface area (Å²) in [6.07, 6.45) is 0. The molecule has 5 heteroatoms. The highest BCUT2D eigenvalue weighted by atomic mass is 35.5. The van der Waals surface area contributed by atoms with Crippen molar-refractivity contribution in [1.82, 2.24) is 0 Å². The number of rotatable bonds is 7. The first kappa shape index (κ1) is 18.8. The number of anilines is 1. The van der Waals surface area contributed by atoms with Crippen LogP contribution in [0.3, 0.4) is 0 Å². The summed E-state index contributed by atoms with van der Waals surface area (Å²) < 4.78 is 11.2. The normalized spacial score (nSPS) is 10.3. The van der Waals surface area contributed by atoms with E-state index in [9.17, 15) is 4.79 Å². The fraction of sp³-hybridized carbons (Fsp3) is 0.136. The van der Waals surface area contributed by atoms with Gasteiger partial charge in [0.1, 0.15) is 18.1 Å². The second kappa shape index (κ2) is 9.10. The number of aryl methyl sites for hydroxylation is 1. The number of halogens is 1. The second-order valence-electron chi connectivity index (χ2n) is 6.07. The lowest BCUT2D eigenvalue weighted by Gasteiger charge is -2.10. The summed E-state index contributed by atoms with van der Waals surface area (Å²) in [5, 5.41) is 3.24. The average Bonchev–Trinajstić information content (AvgIpc) is 2.68. The SMILES string of the molecule is Cc1ccc(NC(=O)COc2ccc(OCc3ccccc3)cc2)c(Cl)c1. The van der Waals surface area contributed by atoms with E-state index in [1.807, 2.05) is 55.5 Å². The van der Waals surface area contributed by atoms with Crippen LogP contribution in [0.1, 0.15) is 11.1 Å². The van der Waals surface area contributed by atoms with Gasteiger partial charge < -0.3 is 14.8 Å². The van der Waals surface area contributed by atoms with Gasteiger partial charge in [-0.2, -0.15) is 0 Å². The van der Waals surface area contributed by atoms with Crippen molar-refractivity contribution in [3.05, 3.63) is 88.9 Å². The zero-order valence-electron chi connectivity index (χ0n) is 14.9. The van der Waals surface area contributed by atoms with E-state index in [1.165, 1.54) is 0 Å². The van der Waals surface area contributed by atoms with Crippen LogP contribution < -0.4 is 14.8 Å². The van der Waals surface area contributed by atoms with E-state index >= 15 is 0 Å². The lowest BCUT2D eigenvalue weighted by atomic mass is 10.2. The molecule has 0 atom stereocenters. The summed E-state index contributed by atoms with van der Waals surface area (Å²) in [6, 6.07) is 22.6. The van der Waals surface area contributed by atoms with Gasteiger partial charge in [-0.05, 0) is 54.4 Å². The Morgan fingerprint density at radius 3 is 2.26 bits per heavy atom. The molecule has 0 saturated heterocycles. The number of nitrogens with one attached hydrogen (secondary N) is 1. The van der Waals surface area contributed by atoms with Gasteiger partial charge in [0.25, 0.3) is 5.91 Å². The summed E-state index contributed by atoms with van der Waals surface area (Å²) in [4.78, 5) is 12.0. The first-order valence-corrected chi connectivity index (χ1v) is 8.93. The molecule has 3 rings (SSSR count). The van der Waals surface area contributed by atoms with E-state index in [0.717, 1.165) is 16.9 Å². The minimum absolute atomic E-state index is 0.103. The molecule has 0 bridgehead atoms. The molecule has 0 fully saturated rings. The molecule has 0 aliphatic rings. The van der Waals surface area contributed by atoms with Gasteiger partial charge in [-0.15, -0.1) is 0 Å². The summed E-state index contributed by atoms with van der Waals surface area (Å²) in [5.74, 6) is 1.06. The first-order valence-electron chi connectivity index (χ1n) is 8.56. The van der Waals surface area contributed by atoms with Gasteiger partial charge in [-0.3, -0.25) is 4.79 Å². The van der Waals surface area contributed by atoms with Crippen molar-refractivity contribution < 1.29 is 14.3 Å². The smallest absolute Gasteiger partial charge is 0.262 e. The van der Waals surface area contributed by atoms with Gasteiger partial charge in [-0.25, -0.2) is 0 Å². The Hall–Kier alpha value is -2.98. The zero-order valence-corrected chi connectivity index (χ0v) is 15.7. The van der Waals surface area contributed by atoms with Crippen molar-refractivity contribution in [2.75, 3.05) is 11.9 Å². The molecule has 138 valence electrons. The number of benzene rings is 3. The molecule has 0 aliphatic carbocycles. The maximum atomic E-state index is 12.0. The molecule has 0 aromatic heterocycles. The van der Waals surface area contributed by atoms with E-state index in [0.29, 0.717) is 23.1 Å². The topological polar surface area (TPSA) is 47.6 Å². The predicted molar refractivity (Wildman–Crippen MR) is 108 cm³/mol. The quantitative estimate of drug-likeness (QED) is 0.608. The molecule has 0 spiro atoms. The van der Waals surface area contributed by atoms with Crippen LogP contribution in [0.2, 0.25) is 5.02 Å². The third-order valence-corrected chi connectivity index (χ3v) is 4.15. The summed E-state index contributed by atoms with van der Waals surface area (Å²) in [6.45, 7) is 2.34. The van der Waals surface area contributed by atoms with E-state index in [-0.39, 0.29) is 12.5 Å². The fourth-order valence-corrected chi connectivity index (χ4v) is 2.71. The standard InChI is InChI=1S/C22H20ClNO3/c1-16-7-12-21(20(23)13-16)24-22(25)15-27-19-10-8-18(9-11-19)26-14-17-5-3-2-4-6-17/h2-13H,14-15H2,1H3,(H,24,25). The van der Waals surface area contributed by atoms with E-state index < -0.39 is 0 Å². The Kier molecular flexibility index (Phi) is 6.34. The molecule has 3 aromatic rings. The highest BCUT2D eigenvalue weighted by Gasteiger charge is 2.07. The maximum Gasteiger partial charge on any atom is 0.262 e. The molecule has 0 unspecified atom stereocenters. The third kappa shape index (κ3) is 5.76. The molecule has 0 heterocycles. The molecule has 0 radical (unpaired) electrons. The maximum absolute atomic E-state index is 12.0. The molecule has 27 heavy (non-hydrogen) atoms. The minimum Gasteiger partial charge on any atom is -0.489 e. The molecular formula is C22H20ClNO3. The molecular weight excluding hydrogens is 362 g/mol. The van der Waals surface area contributed by atoms with Crippen LogP contribution >= 0.6 is 11.6 Å². The minimum atomic E-state index is -0.273. The molecule has 1 amide bonds. The summed E-state index contributed by atoms with van der Waals surface area (Å²) >= 11 is 6.11. The number of hydrogen-bond acceptors (Lipinski definition) is 3. The Balaban J connectivity index is 1.47. The molecule has 3 aromatic carbocycles. The van der Waals surface area contributed by atoms with Crippen molar-refractivity contribution in [3.8, 4) is 11.5 Å². The van der Waals surface area contributed by atoms with Crippen LogP contribution in [-0.2, 0) is 11.4 Å². The molecule has 0 saturated carbocycles. The lowest BCUT2D eigenvalue weighted by Crippen LogP contribution is -2.20. The van der Waals surface area contributed by atoms with Crippen molar-refractivity contribution in [1.29, 1.82) is 0 Å². The van der Waals surface area contributed by atoms with Crippen LogP contribution in [0, 0.1) is 6.92 Å². The number of amides is 1. The Bertz CT molecular complexity index is 895. The third-order valence-electron chi connectivity index (χ3n) is 3.84. The van der Waals surface area contributed by atoms with Crippen LogP contribution in [0.4, 0.5) is 5.69 Å². The predicted octanol–water partition coefficient (Wildman–Crippen LogP) is 5.24. The van der Waals surface area contributed by atoms with Gasteiger partial charge in [0.05, 0.1) is 10.7 Å².